The molecule has 1 aliphatic rings. The number of amides is 1. The quantitative estimate of drug-likeness (QED) is 0.316. The van der Waals surface area contributed by atoms with Crippen LogP contribution in [0.5, 0.6) is 0 Å². The van der Waals surface area contributed by atoms with E-state index in [9.17, 15) is 14.4 Å². The molecule has 0 aliphatic carbocycles. The minimum absolute atomic E-state index is 0.0160. The van der Waals surface area contributed by atoms with Gasteiger partial charge in [-0.1, -0.05) is 23.4 Å². The fourth-order valence-corrected chi connectivity index (χ4v) is 5.05. The molecule has 3 aromatic rings. The third kappa shape index (κ3) is 5.54. The van der Waals surface area contributed by atoms with Gasteiger partial charge in [-0.3, -0.25) is 9.69 Å². The largest absolute Gasteiger partial charge is 0.444 e. The first-order valence-electron chi connectivity index (χ1n) is 12.2. The van der Waals surface area contributed by atoms with E-state index in [0.29, 0.717) is 43.5 Å². The zero-order chi connectivity index (χ0) is 28.2. The summed E-state index contributed by atoms with van der Waals surface area (Å²) < 4.78 is 12.5. The first kappa shape index (κ1) is 28.0. The number of rotatable bonds is 2. The van der Waals surface area contributed by atoms with Gasteiger partial charge in [-0.2, -0.15) is 9.78 Å². The molecule has 1 amide bonds. The molecule has 1 aromatic carbocycles. The number of carbonyl (C=O) groups is 2. The topological polar surface area (TPSA) is 119 Å². The number of H-pyrrole nitrogens is 1. The van der Waals surface area contributed by atoms with Crippen LogP contribution in [0.15, 0.2) is 22.2 Å². The standard InChI is InChI=1S/C26H32ClN5O5S/c1-13-9-17-14(11-28-32(17)24(35)37-26(5,6)7)19(20(13)27)18-10-16-15(21(33)30-22(29-16)38-8)12-31(18)23(34)36-25(2,3)4/h9,11,18H,10,12H2,1-8H3,(H,29,30,33). The normalized spacial score (nSPS) is 15.9. The highest BCUT2D eigenvalue weighted by Crippen LogP contribution is 2.41. The number of benzene rings is 1. The number of hydrogen-bond donors (Lipinski definition) is 1. The smallest absolute Gasteiger partial charge is 0.435 e. The molecular formula is C26H32ClN5O5S. The second-order valence-electron chi connectivity index (χ2n) is 11.2. The summed E-state index contributed by atoms with van der Waals surface area (Å²) in [5.74, 6) is 0. The van der Waals surface area contributed by atoms with E-state index in [1.807, 2.05) is 13.2 Å². The van der Waals surface area contributed by atoms with Gasteiger partial charge in [0.15, 0.2) is 5.16 Å². The summed E-state index contributed by atoms with van der Waals surface area (Å²) >= 11 is 8.22. The van der Waals surface area contributed by atoms with Crippen molar-refractivity contribution in [3.63, 3.8) is 0 Å². The van der Waals surface area contributed by atoms with Crippen LogP contribution in [0, 0.1) is 6.92 Å². The minimum atomic E-state index is -0.761. The summed E-state index contributed by atoms with van der Waals surface area (Å²) in [7, 11) is 0. The Bertz CT molecular complexity index is 1480. The van der Waals surface area contributed by atoms with Crippen molar-refractivity contribution in [2.75, 3.05) is 6.26 Å². The molecule has 38 heavy (non-hydrogen) atoms. The average Bonchev–Trinajstić information content (AvgIpc) is 3.20. The van der Waals surface area contributed by atoms with Crippen LogP contribution in [0.25, 0.3) is 10.9 Å². The molecule has 2 aromatic heterocycles. The van der Waals surface area contributed by atoms with Crippen LogP contribution in [0.1, 0.15) is 70.0 Å². The minimum Gasteiger partial charge on any atom is -0.444 e. The molecule has 0 fully saturated rings. The molecule has 204 valence electrons. The number of thioether (sulfide) groups is 1. The van der Waals surface area contributed by atoms with Gasteiger partial charge < -0.3 is 14.5 Å². The number of nitrogens with one attached hydrogen (secondary N) is 1. The Morgan fingerprint density at radius 1 is 1.13 bits per heavy atom. The monoisotopic (exact) mass is 561 g/mol. The van der Waals surface area contributed by atoms with Crippen molar-refractivity contribution in [2.24, 2.45) is 0 Å². The van der Waals surface area contributed by atoms with Crippen molar-refractivity contribution >= 4 is 46.5 Å². The molecule has 0 bridgehead atoms. The van der Waals surface area contributed by atoms with E-state index in [0.717, 1.165) is 0 Å². The number of carbonyl (C=O) groups excluding carboxylic acids is 2. The molecule has 4 rings (SSSR count). The van der Waals surface area contributed by atoms with Gasteiger partial charge in [0.1, 0.15) is 11.2 Å². The Balaban J connectivity index is 1.92. The molecule has 0 saturated carbocycles. The lowest BCUT2D eigenvalue weighted by atomic mass is 9.91. The van der Waals surface area contributed by atoms with Crippen LogP contribution >= 0.6 is 23.4 Å². The third-order valence-corrected chi connectivity index (χ3v) is 7.01. The van der Waals surface area contributed by atoms with Crippen molar-refractivity contribution in [1.29, 1.82) is 0 Å². The number of nitrogens with zero attached hydrogens (tertiary/aromatic N) is 4. The number of ether oxygens (including phenoxy) is 2. The zero-order valence-corrected chi connectivity index (χ0v) is 24.3. The molecule has 0 spiro atoms. The fourth-order valence-electron chi connectivity index (χ4n) is 4.37. The highest BCUT2D eigenvalue weighted by molar-refractivity contribution is 7.98. The van der Waals surface area contributed by atoms with E-state index in [1.54, 1.807) is 53.8 Å². The summed E-state index contributed by atoms with van der Waals surface area (Å²) in [5, 5.41) is 5.81. The number of aryl methyl sites for hydroxylation is 1. The van der Waals surface area contributed by atoms with Gasteiger partial charge in [0.2, 0.25) is 0 Å². The third-order valence-electron chi connectivity index (χ3n) is 5.92. The summed E-state index contributed by atoms with van der Waals surface area (Å²) in [4.78, 5) is 48.2. The van der Waals surface area contributed by atoms with E-state index >= 15 is 0 Å². The van der Waals surface area contributed by atoms with Gasteiger partial charge in [-0.25, -0.2) is 14.6 Å². The highest BCUT2D eigenvalue weighted by atomic mass is 35.5. The lowest BCUT2D eigenvalue weighted by Gasteiger charge is -2.38. The number of aromatic nitrogens is 4. The molecule has 10 nitrogen and oxygen atoms in total. The van der Waals surface area contributed by atoms with E-state index in [1.165, 1.54) is 21.3 Å². The summed E-state index contributed by atoms with van der Waals surface area (Å²) in [5.41, 5.74) is 0.983. The van der Waals surface area contributed by atoms with Crippen LogP contribution in [-0.4, -0.2) is 54.3 Å². The summed E-state index contributed by atoms with van der Waals surface area (Å²) in [6.45, 7) is 12.5. The van der Waals surface area contributed by atoms with Gasteiger partial charge in [0.25, 0.3) is 5.56 Å². The molecule has 1 N–H and O–H groups in total. The van der Waals surface area contributed by atoms with Crippen LogP contribution in [-0.2, 0) is 22.4 Å². The van der Waals surface area contributed by atoms with Gasteiger partial charge >= 0.3 is 12.2 Å². The lowest BCUT2D eigenvalue weighted by molar-refractivity contribution is 0.0113. The first-order chi connectivity index (χ1) is 17.6. The van der Waals surface area contributed by atoms with Crippen LogP contribution in [0.3, 0.4) is 0 Å². The predicted octanol–water partition coefficient (Wildman–Crippen LogP) is 5.62. The Morgan fingerprint density at radius 3 is 2.37 bits per heavy atom. The van der Waals surface area contributed by atoms with E-state index in [-0.39, 0.29) is 18.5 Å². The van der Waals surface area contributed by atoms with Crippen molar-refractivity contribution < 1.29 is 19.1 Å². The zero-order valence-electron chi connectivity index (χ0n) is 22.8. The molecule has 0 radical (unpaired) electrons. The fraction of sp³-hybridized carbons (Fsp3) is 0.500. The molecule has 1 unspecified atom stereocenters. The Labute approximate surface area is 230 Å². The Morgan fingerprint density at radius 2 is 1.76 bits per heavy atom. The SMILES string of the molecule is CSc1nc2c(c(=O)[nH]1)CN(C(=O)OC(C)(C)C)C(c1c(Cl)c(C)cc3c1cnn3C(=O)OC(C)(C)C)C2. The van der Waals surface area contributed by atoms with E-state index in [4.69, 9.17) is 21.1 Å². The second-order valence-corrected chi connectivity index (χ2v) is 12.4. The molecule has 1 aliphatic heterocycles. The maximum Gasteiger partial charge on any atom is 0.435 e. The van der Waals surface area contributed by atoms with Gasteiger partial charge in [0, 0.05) is 22.4 Å². The highest BCUT2D eigenvalue weighted by Gasteiger charge is 2.38. The van der Waals surface area contributed by atoms with Gasteiger partial charge in [0.05, 0.1) is 35.6 Å². The van der Waals surface area contributed by atoms with Crippen LogP contribution in [0.4, 0.5) is 9.59 Å². The molecular weight excluding hydrogens is 530 g/mol. The predicted molar refractivity (Wildman–Crippen MR) is 146 cm³/mol. The van der Waals surface area contributed by atoms with Crippen molar-refractivity contribution in [1.82, 2.24) is 24.6 Å². The Kier molecular flexibility index (Phi) is 7.30. The van der Waals surface area contributed by atoms with Gasteiger partial charge in [-0.15, -0.1) is 0 Å². The summed E-state index contributed by atoms with van der Waals surface area (Å²) in [6.07, 6.45) is 2.37. The lowest BCUT2D eigenvalue weighted by Crippen LogP contribution is -2.44. The van der Waals surface area contributed by atoms with Crippen molar-refractivity contribution in [2.45, 2.75) is 83.8 Å². The molecule has 1 atom stereocenters. The molecule has 12 heteroatoms. The molecule has 0 saturated heterocycles. The van der Waals surface area contributed by atoms with E-state index in [2.05, 4.69) is 15.1 Å². The number of aromatic amines is 1. The number of fused-ring (bicyclic) bond motifs is 2. The average molecular weight is 562 g/mol. The number of hydrogen-bond acceptors (Lipinski definition) is 8. The van der Waals surface area contributed by atoms with E-state index < -0.39 is 29.4 Å². The van der Waals surface area contributed by atoms with Crippen LogP contribution in [0.2, 0.25) is 5.02 Å². The van der Waals surface area contributed by atoms with Crippen molar-refractivity contribution in [3.8, 4) is 0 Å². The Hall–Kier alpha value is -3.05. The maximum atomic E-state index is 13.5. The maximum absolute atomic E-state index is 13.5. The summed E-state index contributed by atoms with van der Waals surface area (Å²) in [6, 6.07) is 1.13. The number of halogens is 1. The first-order valence-corrected chi connectivity index (χ1v) is 13.8. The van der Waals surface area contributed by atoms with Crippen molar-refractivity contribution in [3.05, 3.63) is 50.0 Å². The van der Waals surface area contributed by atoms with Gasteiger partial charge in [-0.05, 0) is 66.4 Å². The second kappa shape index (κ2) is 9.92. The molecule has 3 heterocycles. The van der Waals surface area contributed by atoms with Crippen LogP contribution < -0.4 is 5.56 Å².